The summed E-state index contributed by atoms with van der Waals surface area (Å²) >= 11 is 3.51. The highest BCUT2D eigenvalue weighted by Gasteiger charge is 1.97. The van der Waals surface area contributed by atoms with Gasteiger partial charge in [0.05, 0.1) is 0 Å². The van der Waals surface area contributed by atoms with Crippen LogP contribution in [0.2, 0.25) is 0 Å². The first kappa shape index (κ1) is 12.4. The van der Waals surface area contributed by atoms with E-state index in [-0.39, 0.29) is 0 Å². The monoisotopic (exact) mass is 261 g/mol. The zero-order chi connectivity index (χ0) is 12.1. The van der Waals surface area contributed by atoms with E-state index >= 15 is 0 Å². The van der Waals surface area contributed by atoms with E-state index in [0.717, 1.165) is 11.4 Å². The third-order valence-corrected chi connectivity index (χ3v) is 3.88. The van der Waals surface area contributed by atoms with E-state index in [9.17, 15) is 0 Å². The summed E-state index contributed by atoms with van der Waals surface area (Å²) in [5.74, 6) is 0. The van der Waals surface area contributed by atoms with Crippen molar-refractivity contribution in [2.45, 2.75) is 9.79 Å². The molecule has 1 N–H and O–H groups in total. The maximum absolute atomic E-state index is 3.43. The van der Waals surface area contributed by atoms with Gasteiger partial charge in [0.15, 0.2) is 0 Å². The first-order valence-corrected chi connectivity index (χ1v) is 7.82. The fraction of sp³-hybridized carbons (Fsp3) is 0.143. The number of hydrogen-bond donors (Lipinski definition) is 1. The second kappa shape index (κ2) is 6.03. The van der Waals surface area contributed by atoms with Crippen LogP contribution in [0.3, 0.4) is 0 Å². The van der Waals surface area contributed by atoms with Crippen molar-refractivity contribution >= 4 is 34.9 Å². The lowest BCUT2D eigenvalue weighted by Gasteiger charge is -2.08. The summed E-state index contributed by atoms with van der Waals surface area (Å²) in [4.78, 5) is 2.55. The lowest BCUT2D eigenvalue weighted by Crippen LogP contribution is -1.90. The van der Waals surface area contributed by atoms with Crippen LogP contribution in [0.4, 0.5) is 11.4 Å². The van der Waals surface area contributed by atoms with Crippen LogP contribution < -0.4 is 5.32 Å². The molecule has 0 heterocycles. The Morgan fingerprint density at radius 2 is 1.24 bits per heavy atom. The van der Waals surface area contributed by atoms with E-state index in [1.165, 1.54) is 9.79 Å². The topological polar surface area (TPSA) is 12.0 Å². The second-order valence-electron chi connectivity index (χ2n) is 3.59. The quantitative estimate of drug-likeness (QED) is 0.788. The van der Waals surface area contributed by atoms with Crippen molar-refractivity contribution in [3.8, 4) is 0 Å². The van der Waals surface area contributed by atoms with E-state index in [1.807, 2.05) is 0 Å². The van der Waals surface area contributed by atoms with Gasteiger partial charge in [-0.25, -0.2) is 0 Å². The van der Waals surface area contributed by atoms with Gasteiger partial charge in [0.1, 0.15) is 0 Å². The zero-order valence-electron chi connectivity index (χ0n) is 9.94. The van der Waals surface area contributed by atoms with Crippen LogP contribution in [0, 0.1) is 0 Å². The van der Waals surface area contributed by atoms with E-state index in [2.05, 4.69) is 66.4 Å². The molecule has 3 heteroatoms. The molecule has 0 aliphatic heterocycles. The molecule has 2 aromatic rings. The van der Waals surface area contributed by atoms with Crippen LogP contribution >= 0.6 is 23.5 Å². The van der Waals surface area contributed by atoms with Crippen LogP contribution in [-0.4, -0.2) is 12.5 Å². The average molecular weight is 261 g/mol. The Hall–Kier alpha value is -1.06. The molecular formula is C14H15NS2. The number of anilines is 2. The summed E-state index contributed by atoms with van der Waals surface area (Å²) in [5.41, 5.74) is 2.27. The first-order chi connectivity index (χ1) is 8.31. The largest absolute Gasteiger partial charge is 0.355 e. The maximum atomic E-state index is 3.43. The van der Waals surface area contributed by atoms with Gasteiger partial charge in [-0.3, -0.25) is 0 Å². The molecule has 0 amide bonds. The van der Waals surface area contributed by atoms with Gasteiger partial charge < -0.3 is 5.32 Å². The molecule has 0 atom stereocenters. The number of hydrogen-bond acceptors (Lipinski definition) is 3. The van der Waals surface area contributed by atoms with Crippen LogP contribution in [0.1, 0.15) is 0 Å². The fourth-order valence-corrected chi connectivity index (χ4v) is 2.49. The molecule has 0 aromatic heterocycles. The number of thioether (sulfide) groups is 2. The summed E-state index contributed by atoms with van der Waals surface area (Å²) in [6.45, 7) is 0. The molecule has 0 saturated carbocycles. The van der Waals surface area contributed by atoms with Gasteiger partial charge in [-0.05, 0) is 48.9 Å². The highest BCUT2D eigenvalue weighted by atomic mass is 32.2. The Morgan fingerprint density at radius 3 is 1.65 bits per heavy atom. The Morgan fingerprint density at radius 1 is 0.765 bits per heavy atom. The van der Waals surface area contributed by atoms with Gasteiger partial charge in [0.25, 0.3) is 0 Å². The Bertz CT molecular complexity index is 452. The predicted molar refractivity (Wildman–Crippen MR) is 79.7 cm³/mol. The van der Waals surface area contributed by atoms with Crippen molar-refractivity contribution in [3.05, 3.63) is 48.5 Å². The summed E-state index contributed by atoms with van der Waals surface area (Å²) in [7, 11) is 0. The second-order valence-corrected chi connectivity index (χ2v) is 5.35. The number of rotatable bonds is 4. The fourth-order valence-electron chi connectivity index (χ4n) is 1.57. The molecule has 0 radical (unpaired) electrons. The van der Waals surface area contributed by atoms with E-state index in [0.29, 0.717) is 0 Å². The van der Waals surface area contributed by atoms with Gasteiger partial charge in [0, 0.05) is 21.2 Å². The molecule has 0 spiro atoms. The summed E-state index contributed by atoms with van der Waals surface area (Å²) in [6, 6.07) is 16.9. The first-order valence-electron chi connectivity index (χ1n) is 5.37. The van der Waals surface area contributed by atoms with Crippen LogP contribution in [-0.2, 0) is 0 Å². The lowest BCUT2D eigenvalue weighted by atomic mass is 10.2. The molecule has 0 fully saturated rings. The minimum absolute atomic E-state index is 1.13. The van der Waals surface area contributed by atoms with Gasteiger partial charge >= 0.3 is 0 Å². The van der Waals surface area contributed by atoms with Gasteiger partial charge in [-0.15, -0.1) is 23.5 Å². The standard InChI is InChI=1S/C14H15NS2/c1-16-13-7-3-5-11(9-13)15-12-6-4-8-14(10-12)17-2/h3-10,15H,1-2H3. The highest BCUT2D eigenvalue weighted by molar-refractivity contribution is 7.98. The SMILES string of the molecule is CSc1cccc(Nc2cccc(SC)c2)c1. The summed E-state index contributed by atoms with van der Waals surface area (Å²) < 4.78 is 0. The molecule has 2 aromatic carbocycles. The molecule has 17 heavy (non-hydrogen) atoms. The Labute approximate surface area is 111 Å². The zero-order valence-corrected chi connectivity index (χ0v) is 11.6. The predicted octanol–water partition coefficient (Wildman–Crippen LogP) is 4.87. The van der Waals surface area contributed by atoms with Crippen molar-refractivity contribution in [1.82, 2.24) is 0 Å². The van der Waals surface area contributed by atoms with Gasteiger partial charge in [-0.1, -0.05) is 12.1 Å². The third-order valence-electron chi connectivity index (χ3n) is 2.43. The molecule has 1 nitrogen and oxygen atoms in total. The molecule has 0 bridgehead atoms. The molecule has 88 valence electrons. The Kier molecular flexibility index (Phi) is 4.40. The molecule has 0 aliphatic rings. The minimum Gasteiger partial charge on any atom is -0.355 e. The van der Waals surface area contributed by atoms with Crippen molar-refractivity contribution in [2.75, 3.05) is 17.8 Å². The molecule has 0 unspecified atom stereocenters. The van der Waals surface area contributed by atoms with E-state index < -0.39 is 0 Å². The molecule has 0 aliphatic carbocycles. The third kappa shape index (κ3) is 3.45. The Balaban J connectivity index is 2.18. The van der Waals surface area contributed by atoms with Crippen molar-refractivity contribution < 1.29 is 0 Å². The molecular weight excluding hydrogens is 246 g/mol. The normalized spacial score (nSPS) is 10.2. The van der Waals surface area contributed by atoms with E-state index in [4.69, 9.17) is 0 Å². The smallest absolute Gasteiger partial charge is 0.0395 e. The van der Waals surface area contributed by atoms with Crippen molar-refractivity contribution in [2.24, 2.45) is 0 Å². The number of nitrogens with one attached hydrogen (secondary N) is 1. The van der Waals surface area contributed by atoms with Crippen molar-refractivity contribution in [1.29, 1.82) is 0 Å². The lowest BCUT2D eigenvalue weighted by molar-refractivity contribution is 1.41. The van der Waals surface area contributed by atoms with Crippen LogP contribution in [0.15, 0.2) is 58.3 Å². The van der Waals surface area contributed by atoms with Crippen molar-refractivity contribution in [3.63, 3.8) is 0 Å². The minimum atomic E-state index is 1.13. The van der Waals surface area contributed by atoms with Gasteiger partial charge in [0.2, 0.25) is 0 Å². The molecule has 2 rings (SSSR count). The van der Waals surface area contributed by atoms with Gasteiger partial charge in [-0.2, -0.15) is 0 Å². The number of benzene rings is 2. The summed E-state index contributed by atoms with van der Waals surface area (Å²) in [5, 5.41) is 3.43. The maximum Gasteiger partial charge on any atom is 0.0395 e. The highest BCUT2D eigenvalue weighted by Crippen LogP contribution is 2.24. The summed E-state index contributed by atoms with van der Waals surface area (Å²) in [6.07, 6.45) is 4.18. The molecule has 0 saturated heterocycles. The average Bonchev–Trinajstić information content (AvgIpc) is 2.39. The van der Waals surface area contributed by atoms with Crippen LogP contribution in [0.25, 0.3) is 0 Å². The van der Waals surface area contributed by atoms with Crippen LogP contribution in [0.5, 0.6) is 0 Å². The van der Waals surface area contributed by atoms with E-state index in [1.54, 1.807) is 23.5 Å².